The normalized spacial score (nSPS) is 11.9. The molecule has 2 aromatic carbocycles. The maximum absolute atomic E-state index is 13.1. The number of benzene rings is 2. The van der Waals surface area contributed by atoms with Crippen LogP contribution in [-0.4, -0.2) is 26.8 Å². The molecule has 0 saturated heterocycles. The number of nitrogens with zero attached hydrogens (tertiary/aromatic N) is 3. The summed E-state index contributed by atoms with van der Waals surface area (Å²) in [6.45, 7) is 6.62. The average molecular weight is 374 g/mol. The monoisotopic (exact) mass is 374 g/mol. The fourth-order valence-corrected chi connectivity index (χ4v) is 2.98. The minimum Gasteiger partial charge on any atom is -0.348 e. The van der Waals surface area contributed by atoms with Gasteiger partial charge < -0.3 is 10.2 Å². The van der Waals surface area contributed by atoms with Gasteiger partial charge in [-0.15, -0.1) is 0 Å². The summed E-state index contributed by atoms with van der Waals surface area (Å²) in [6.07, 6.45) is 1.63. The van der Waals surface area contributed by atoms with E-state index in [1.807, 2.05) is 86.3 Å². The highest BCUT2D eigenvalue weighted by molar-refractivity contribution is 5.92. The molecule has 0 aliphatic heterocycles. The first-order chi connectivity index (χ1) is 13.5. The molecule has 3 aromatic rings. The molecule has 144 valence electrons. The second-order valence-corrected chi connectivity index (χ2v) is 7.05. The molecule has 0 aliphatic carbocycles. The van der Waals surface area contributed by atoms with Crippen LogP contribution in [0.5, 0.6) is 0 Å². The first-order valence-corrected chi connectivity index (χ1v) is 9.54. The Morgan fingerprint density at radius 1 is 0.964 bits per heavy atom. The quantitative estimate of drug-likeness (QED) is 0.651. The Balaban J connectivity index is 1.76. The van der Waals surface area contributed by atoms with E-state index in [2.05, 4.69) is 15.3 Å². The first-order valence-electron chi connectivity index (χ1n) is 9.54. The molecule has 1 heterocycles. The number of carbonyl (C=O) groups is 1. The van der Waals surface area contributed by atoms with E-state index in [-0.39, 0.29) is 18.0 Å². The lowest BCUT2D eigenvalue weighted by atomic mass is 10.1. The number of hydrogen-bond acceptors (Lipinski definition) is 4. The summed E-state index contributed by atoms with van der Waals surface area (Å²) >= 11 is 0. The molecular formula is C23H26N4O. The number of aromatic nitrogens is 2. The standard InChI is InChI=1S/C23H26N4O/c1-17(2)27(16-19-10-6-4-7-11-19)22(28)21-14-15-24-23(26-21)25-18(3)20-12-8-5-9-13-20/h4-15,17-18H,16H2,1-3H3,(H,24,25,26). The van der Waals surface area contributed by atoms with Crippen LogP contribution in [0.25, 0.3) is 0 Å². The highest BCUT2D eigenvalue weighted by Gasteiger charge is 2.21. The topological polar surface area (TPSA) is 58.1 Å². The van der Waals surface area contributed by atoms with Crippen LogP contribution in [0.1, 0.15) is 48.4 Å². The molecule has 1 N–H and O–H groups in total. The number of carbonyl (C=O) groups excluding carboxylic acids is 1. The lowest BCUT2D eigenvalue weighted by Crippen LogP contribution is -2.37. The summed E-state index contributed by atoms with van der Waals surface area (Å²) in [4.78, 5) is 23.7. The molecule has 5 nitrogen and oxygen atoms in total. The van der Waals surface area contributed by atoms with Crippen LogP contribution in [0.4, 0.5) is 5.95 Å². The van der Waals surface area contributed by atoms with Gasteiger partial charge in [0.25, 0.3) is 5.91 Å². The van der Waals surface area contributed by atoms with Crippen molar-refractivity contribution in [3.63, 3.8) is 0 Å². The number of rotatable bonds is 7. The molecule has 0 aliphatic rings. The largest absolute Gasteiger partial charge is 0.348 e. The van der Waals surface area contributed by atoms with Crippen LogP contribution in [-0.2, 0) is 6.54 Å². The van der Waals surface area contributed by atoms with Crippen LogP contribution in [0, 0.1) is 0 Å². The summed E-state index contributed by atoms with van der Waals surface area (Å²) in [5.74, 6) is 0.349. The minimum atomic E-state index is -0.100. The van der Waals surface area contributed by atoms with Crippen molar-refractivity contribution < 1.29 is 4.79 Å². The van der Waals surface area contributed by atoms with Crippen LogP contribution >= 0.6 is 0 Å². The van der Waals surface area contributed by atoms with Crippen LogP contribution in [0.3, 0.4) is 0 Å². The maximum atomic E-state index is 13.1. The zero-order valence-corrected chi connectivity index (χ0v) is 16.5. The van der Waals surface area contributed by atoms with Gasteiger partial charge in [0.2, 0.25) is 5.95 Å². The molecule has 0 radical (unpaired) electrons. The summed E-state index contributed by atoms with van der Waals surface area (Å²) in [5, 5.41) is 3.28. The van der Waals surface area contributed by atoms with Gasteiger partial charge in [0.15, 0.2) is 0 Å². The Bertz CT molecular complexity index is 897. The van der Waals surface area contributed by atoms with Crippen molar-refractivity contribution >= 4 is 11.9 Å². The summed E-state index contributed by atoms with van der Waals surface area (Å²) < 4.78 is 0. The smallest absolute Gasteiger partial charge is 0.273 e. The van der Waals surface area contributed by atoms with Crippen molar-refractivity contribution in [2.24, 2.45) is 0 Å². The fraction of sp³-hybridized carbons (Fsp3) is 0.261. The molecule has 1 amide bonds. The predicted octanol–water partition coefficient (Wildman–Crippen LogP) is 4.70. The number of anilines is 1. The predicted molar refractivity (Wildman–Crippen MR) is 112 cm³/mol. The van der Waals surface area contributed by atoms with E-state index in [9.17, 15) is 4.79 Å². The second kappa shape index (κ2) is 9.13. The van der Waals surface area contributed by atoms with Crippen molar-refractivity contribution in [1.82, 2.24) is 14.9 Å². The van der Waals surface area contributed by atoms with Gasteiger partial charge in [-0.25, -0.2) is 9.97 Å². The van der Waals surface area contributed by atoms with E-state index in [0.29, 0.717) is 18.2 Å². The summed E-state index contributed by atoms with van der Waals surface area (Å²) in [6, 6.07) is 21.8. The lowest BCUT2D eigenvalue weighted by Gasteiger charge is -2.26. The van der Waals surface area contributed by atoms with Gasteiger partial charge in [-0.2, -0.15) is 0 Å². The van der Waals surface area contributed by atoms with Crippen molar-refractivity contribution in [2.45, 2.75) is 39.4 Å². The number of nitrogens with one attached hydrogen (secondary N) is 1. The first kappa shape index (κ1) is 19.5. The van der Waals surface area contributed by atoms with E-state index in [1.54, 1.807) is 12.3 Å². The van der Waals surface area contributed by atoms with E-state index < -0.39 is 0 Å². The SMILES string of the molecule is CC(Nc1nccc(C(=O)N(Cc2ccccc2)C(C)C)n1)c1ccccc1. The highest BCUT2D eigenvalue weighted by Crippen LogP contribution is 2.17. The number of amides is 1. The third kappa shape index (κ3) is 4.94. The van der Waals surface area contributed by atoms with Gasteiger partial charge >= 0.3 is 0 Å². The molecule has 0 spiro atoms. The maximum Gasteiger partial charge on any atom is 0.273 e. The van der Waals surface area contributed by atoms with Crippen molar-refractivity contribution in [3.8, 4) is 0 Å². The Morgan fingerprint density at radius 3 is 2.25 bits per heavy atom. The molecule has 28 heavy (non-hydrogen) atoms. The van der Waals surface area contributed by atoms with Crippen molar-refractivity contribution in [3.05, 3.63) is 89.7 Å². The molecule has 5 heteroatoms. The van der Waals surface area contributed by atoms with Gasteiger partial charge in [0, 0.05) is 18.8 Å². The lowest BCUT2D eigenvalue weighted by molar-refractivity contribution is 0.0684. The molecule has 0 bridgehead atoms. The Labute approximate surface area is 166 Å². The zero-order chi connectivity index (χ0) is 19.9. The van der Waals surface area contributed by atoms with Gasteiger partial charge in [-0.3, -0.25) is 4.79 Å². The minimum absolute atomic E-state index is 0.0390. The average Bonchev–Trinajstić information content (AvgIpc) is 2.73. The van der Waals surface area contributed by atoms with E-state index >= 15 is 0 Å². The van der Waals surface area contributed by atoms with E-state index in [0.717, 1.165) is 11.1 Å². The van der Waals surface area contributed by atoms with E-state index in [4.69, 9.17) is 0 Å². The van der Waals surface area contributed by atoms with Gasteiger partial charge in [0.1, 0.15) is 5.69 Å². The Hall–Kier alpha value is -3.21. The Kier molecular flexibility index (Phi) is 6.37. The van der Waals surface area contributed by atoms with Gasteiger partial charge in [-0.05, 0) is 38.0 Å². The Morgan fingerprint density at radius 2 is 1.61 bits per heavy atom. The molecule has 0 saturated carbocycles. The number of hydrogen-bond donors (Lipinski definition) is 1. The van der Waals surface area contributed by atoms with Crippen molar-refractivity contribution in [2.75, 3.05) is 5.32 Å². The van der Waals surface area contributed by atoms with Crippen LogP contribution in [0.2, 0.25) is 0 Å². The third-order valence-electron chi connectivity index (χ3n) is 4.60. The van der Waals surface area contributed by atoms with Crippen LogP contribution in [0.15, 0.2) is 72.9 Å². The summed E-state index contributed by atoms with van der Waals surface area (Å²) in [5.41, 5.74) is 2.62. The van der Waals surface area contributed by atoms with Crippen molar-refractivity contribution in [1.29, 1.82) is 0 Å². The fourth-order valence-electron chi connectivity index (χ4n) is 2.98. The molecular weight excluding hydrogens is 348 g/mol. The second-order valence-electron chi connectivity index (χ2n) is 7.05. The van der Waals surface area contributed by atoms with Crippen LogP contribution < -0.4 is 5.32 Å². The van der Waals surface area contributed by atoms with E-state index in [1.165, 1.54) is 0 Å². The molecule has 1 atom stereocenters. The summed E-state index contributed by atoms with van der Waals surface area (Å²) in [7, 11) is 0. The molecule has 1 aromatic heterocycles. The molecule has 1 unspecified atom stereocenters. The highest BCUT2D eigenvalue weighted by atomic mass is 16.2. The zero-order valence-electron chi connectivity index (χ0n) is 16.5. The molecule has 3 rings (SSSR count). The van der Waals surface area contributed by atoms with Gasteiger partial charge in [0.05, 0.1) is 6.04 Å². The van der Waals surface area contributed by atoms with Gasteiger partial charge in [-0.1, -0.05) is 60.7 Å². The third-order valence-corrected chi connectivity index (χ3v) is 4.60. The molecule has 0 fully saturated rings.